The second-order valence-corrected chi connectivity index (χ2v) is 5.29. The Bertz CT molecular complexity index is 148. The number of hydrogen-bond donors (Lipinski definition) is 0. The molecule has 0 heterocycles. The number of rotatable bonds is 14. The molecule has 18 heavy (non-hydrogen) atoms. The smallest absolute Gasteiger partial charge is 0.0850 e. The topological polar surface area (TPSA) is 18.5 Å². The summed E-state index contributed by atoms with van der Waals surface area (Å²) < 4.78 is 0. The monoisotopic (exact) mass is 258 g/mol. The number of unbranched alkanes of at least 4 members (excludes halogenated alkanes) is 6. The molecule has 110 valence electrons. The van der Waals surface area contributed by atoms with Gasteiger partial charge in [-0.3, -0.25) is 0 Å². The summed E-state index contributed by atoms with van der Waals surface area (Å²) in [6, 6.07) is 0. The quantitative estimate of drug-likeness (QED) is 0.232. The SMILES string of the molecule is CCCCCCCCOOCC(CC)CCCC. The van der Waals surface area contributed by atoms with Crippen LogP contribution in [0.4, 0.5) is 0 Å². The Morgan fingerprint density at radius 1 is 0.722 bits per heavy atom. The van der Waals surface area contributed by atoms with Gasteiger partial charge >= 0.3 is 0 Å². The van der Waals surface area contributed by atoms with Crippen LogP contribution < -0.4 is 0 Å². The molecule has 1 atom stereocenters. The van der Waals surface area contributed by atoms with Crippen molar-refractivity contribution in [3.8, 4) is 0 Å². The lowest BCUT2D eigenvalue weighted by Gasteiger charge is -2.13. The van der Waals surface area contributed by atoms with Gasteiger partial charge in [-0.1, -0.05) is 72.1 Å². The average Bonchev–Trinajstić information content (AvgIpc) is 2.40. The third-order valence-electron chi connectivity index (χ3n) is 3.51. The van der Waals surface area contributed by atoms with E-state index in [-0.39, 0.29) is 0 Å². The lowest BCUT2D eigenvalue weighted by molar-refractivity contribution is -0.302. The van der Waals surface area contributed by atoms with E-state index in [4.69, 9.17) is 9.78 Å². The van der Waals surface area contributed by atoms with E-state index >= 15 is 0 Å². The molecule has 1 unspecified atom stereocenters. The van der Waals surface area contributed by atoms with Crippen molar-refractivity contribution in [1.82, 2.24) is 0 Å². The van der Waals surface area contributed by atoms with Gasteiger partial charge in [-0.25, -0.2) is 9.78 Å². The zero-order valence-corrected chi connectivity index (χ0v) is 12.9. The van der Waals surface area contributed by atoms with E-state index in [1.54, 1.807) is 0 Å². The van der Waals surface area contributed by atoms with Crippen LogP contribution in [0.3, 0.4) is 0 Å². The van der Waals surface area contributed by atoms with Crippen LogP contribution in [0.25, 0.3) is 0 Å². The molecular weight excluding hydrogens is 224 g/mol. The van der Waals surface area contributed by atoms with Crippen LogP contribution in [-0.2, 0) is 9.78 Å². The van der Waals surface area contributed by atoms with E-state index in [0.29, 0.717) is 5.92 Å². The highest BCUT2D eigenvalue weighted by Crippen LogP contribution is 2.13. The van der Waals surface area contributed by atoms with Crippen molar-refractivity contribution < 1.29 is 9.78 Å². The molecule has 0 spiro atoms. The maximum absolute atomic E-state index is 5.31. The second-order valence-electron chi connectivity index (χ2n) is 5.29. The van der Waals surface area contributed by atoms with Gasteiger partial charge in [0.15, 0.2) is 0 Å². The fraction of sp³-hybridized carbons (Fsp3) is 1.00. The average molecular weight is 258 g/mol. The van der Waals surface area contributed by atoms with Crippen LogP contribution in [0, 0.1) is 5.92 Å². The first kappa shape index (κ1) is 17.9. The van der Waals surface area contributed by atoms with Gasteiger partial charge in [0, 0.05) is 0 Å². The van der Waals surface area contributed by atoms with Crippen LogP contribution in [0.1, 0.15) is 85.0 Å². The van der Waals surface area contributed by atoms with Crippen LogP contribution in [-0.4, -0.2) is 13.2 Å². The minimum Gasteiger partial charge on any atom is -0.237 e. The Morgan fingerprint density at radius 3 is 2.06 bits per heavy atom. The molecule has 0 bridgehead atoms. The third kappa shape index (κ3) is 12.4. The maximum atomic E-state index is 5.31. The van der Waals surface area contributed by atoms with Crippen molar-refractivity contribution in [1.29, 1.82) is 0 Å². The van der Waals surface area contributed by atoms with E-state index < -0.39 is 0 Å². The molecule has 0 aromatic heterocycles. The van der Waals surface area contributed by atoms with Gasteiger partial charge in [-0.05, 0) is 18.8 Å². The Kier molecular flexibility index (Phi) is 14.9. The van der Waals surface area contributed by atoms with Crippen molar-refractivity contribution >= 4 is 0 Å². The van der Waals surface area contributed by atoms with Crippen LogP contribution in [0.15, 0.2) is 0 Å². The molecule has 0 radical (unpaired) electrons. The molecule has 2 nitrogen and oxygen atoms in total. The van der Waals surface area contributed by atoms with Crippen LogP contribution in [0.5, 0.6) is 0 Å². The zero-order valence-electron chi connectivity index (χ0n) is 12.9. The zero-order chi connectivity index (χ0) is 13.5. The van der Waals surface area contributed by atoms with Gasteiger partial charge in [0.1, 0.15) is 0 Å². The minimum atomic E-state index is 0.675. The molecule has 0 aliphatic carbocycles. The highest BCUT2D eigenvalue weighted by Gasteiger charge is 2.06. The summed E-state index contributed by atoms with van der Waals surface area (Å²) in [4.78, 5) is 10.6. The number of hydrogen-bond acceptors (Lipinski definition) is 2. The minimum absolute atomic E-state index is 0.675. The van der Waals surface area contributed by atoms with E-state index in [9.17, 15) is 0 Å². The summed E-state index contributed by atoms with van der Waals surface area (Å²) in [5, 5.41) is 0. The molecule has 0 aromatic carbocycles. The molecule has 2 heteroatoms. The van der Waals surface area contributed by atoms with E-state index in [1.165, 1.54) is 57.8 Å². The van der Waals surface area contributed by atoms with E-state index in [0.717, 1.165) is 19.6 Å². The standard InChI is InChI=1S/C16H34O2/c1-4-7-9-10-11-12-14-17-18-15-16(6-3)13-8-5-2/h16H,4-15H2,1-3H3. The molecule has 0 fully saturated rings. The summed E-state index contributed by atoms with van der Waals surface area (Å²) in [6.07, 6.45) is 12.8. The van der Waals surface area contributed by atoms with Gasteiger partial charge in [-0.15, -0.1) is 0 Å². The van der Waals surface area contributed by atoms with Crippen molar-refractivity contribution in [3.63, 3.8) is 0 Å². The van der Waals surface area contributed by atoms with Gasteiger partial charge < -0.3 is 0 Å². The molecule has 0 aliphatic heterocycles. The van der Waals surface area contributed by atoms with Crippen molar-refractivity contribution in [2.75, 3.05) is 13.2 Å². The largest absolute Gasteiger partial charge is 0.237 e. The van der Waals surface area contributed by atoms with Gasteiger partial charge in [-0.2, -0.15) is 0 Å². The lowest BCUT2D eigenvalue weighted by atomic mass is 10.0. The van der Waals surface area contributed by atoms with Crippen LogP contribution in [0.2, 0.25) is 0 Å². The molecule has 0 saturated carbocycles. The summed E-state index contributed by atoms with van der Waals surface area (Å²) in [5.41, 5.74) is 0. The van der Waals surface area contributed by atoms with Crippen molar-refractivity contribution in [3.05, 3.63) is 0 Å². The highest BCUT2D eigenvalue weighted by molar-refractivity contribution is 4.54. The van der Waals surface area contributed by atoms with Gasteiger partial charge in [0.2, 0.25) is 0 Å². The maximum Gasteiger partial charge on any atom is 0.0850 e. The van der Waals surface area contributed by atoms with Crippen LogP contribution >= 0.6 is 0 Å². The predicted octanol–water partition coefficient (Wildman–Crippen LogP) is 5.51. The first-order chi connectivity index (χ1) is 8.85. The third-order valence-corrected chi connectivity index (χ3v) is 3.51. The predicted molar refractivity (Wildman–Crippen MR) is 78.6 cm³/mol. The summed E-state index contributed by atoms with van der Waals surface area (Å²) in [7, 11) is 0. The van der Waals surface area contributed by atoms with Crippen molar-refractivity contribution in [2.24, 2.45) is 5.92 Å². The second kappa shape index (κ2) is 15.0. The van der Waals surface area contributed by atoms with Gasteiger partial charge in [0.25, 0.3) is 0 Å². The van der Waals surface area contributed by atoms with E-state index in [2.05, 4.69) is 20.8 Å². The first-order valence-corrected chi connectivity index (χ1v) is 8.09. The lowest BCUT2D eigenvalue weighted by Crippen LogP contribution is -2.09. The Balaban J connectivity index is 3.17. The van der Waals surface area contributed by atoms with Crippen molar-refractivity contribution in [2.45, 2.75) is 85.0 Å². The Hall–Kier alpha value is -0.0800. The Labute approximate surface area is 114 Å². The fourth-order valence-corrected chi connectivity index (χ4v) is 2.04. The summed E-state index contributed by atoms with van der Waals surface area (Å²) in [6.45, 7) is 8.25. The van der Waals surface area contributed by atoms with Gasteiger partial charge in [0.05, 0.1) is 13.2 Å². The summed E-state index contributed by atoms with van der Waals surface area (Å²) in [5.74, 6) is 0.675. The Morgan fingerprint density at radius 2 is 1.39 bits per heavy atom. The molecule has 0 rings (SSSR count). The molecule has 0 N–H and O–H groups in total. The molecule has 0 amide bonds. The molecule has 0 aromatic rings. The molecule has 0 saturated heterocycles. The molecule has 0 aliphatic rings. The molecular formula is C16H34O2. The fourth-order valence-electron chi connectivity index (χ4n) is 2.04. The normalized spacial score (nSPS) is 12.8. The highest BCUT2D eigenvalue weighted by atomic mass is 17.2. The summed E-state index contributed by atoms with van der Waals surface area (Å²) >= 11 is 0. The first-order valence-electron chi connectivity index (χ1n) is 8.09. The van der Waals surface area contributed by atoms with E-state index in [1.807, 2.05) is 0 Å².